The Bertz CT molecular complexity index is 1910. The SMILES string of the molecule is CC#CCCCCCc1cc(OCc2ccc(OC)cc2)cc(OC)c1-c1c(OCc2ccc(OC)cc2)cc(CBr)cc1OCc1ccc(OC)cc1. The molecule has 0 fully saturated rings. The lowest BCUT2D eigenvalue weighted by atomic mass is 9.92. The molecule has 5 aromatic rings. The smallest absolute Gasteiger partial charge is 0.131 e. The Morgan fingerprint density at radius 3 is 1.43 bits per heavy atom. The predicted molar refractivity (Wildman–Crippen MR) is 219 cm³/mol. The van der Waals surface area contributed by atoms with Crippen LogP contribution in [0.25, 0.3) is 11.1 Å². The van der Waals surface area contributed by atoms with Gasteiger partial charge in [-0.3, -0.25) is 0 Å². The van der Waals surface area contributed by atoms with Crippen molar-refractivity contribution in [3.05, 3.63) is 125 Å². The van der Waals surface area contributed by atoms with E-state index >= 15 is 0 Å². The first-order chi connectivity index (χ1) is 26.5. The summed E-state index contributed by atoms with van der Waals surface area (Å²) in [5.41, 5.74) is 6.89. The molecule has 0 atom stereocenters. The number of rotatable bonds is 20. The average molecular weight is 794 g/mol. The van der Waals surface area contributed by atoms with Crippen LogP contribution in [0.3, 0.4) is 0 Å². The van der Waals surface area contributed by atoms with Gasteiger partial charge in [0, 0.05) is 23.4 Å². The second-order valence-electron chi connectivity index (χ2n) is 12.7. The number of alkyl halides is 1. The molecule has 0 aliphatic carbocycles. The molecular formula is C46H49BrO7. The second kappa shape index (κ2) is 20.8. The summed E-state index contributed by atoms with van der Waals surface area (Å²) in [6.45, 7) is 2.98. The van der Waals surface area contributed by atoms with Gasteiger partial charge in [-0.1, -0.05) is 58.7 Å². The largest absolute Gasteiger partial charge is 0.497 e. The van der Waals surface area contributed by atoms with Gasteiger partial charge in [0.1, 0.15) is 60.1 Å². The van der Waals surface area contributed by atoms with Crippen LogP contribution in [-0.2, 0) is 31.6 Å². The van der Waals surface area contributed by atoms with Crippen LogP contribution in [0.2, 0.25) is 0 Å². The second-order valence-corrected chi connectivity index (χ2v) is 13.2. The summed E-state index contributed by atoms with van der Waals surface area (Å²) in [7, 11) is 6.69. The number of ether oxygens (including phenoxy) is 7. The van der Waals surface area contributed by atoms with Crippen LogP contribution in [0.1, 0.15) is 60.4 Å². The maximum Gasteiger partial charge on any atom is 0.131 e. The van der Waals surface area contributed by atoms with E-state index in [1.165, 1.54) is 0 Å². The van der Waals surface area contributed by atoms with Gasteiger partial charge in [0.2, 0.25) is 0 Å². The molecule has 0 spiro atoms. The summed E-state index contributed by atoms with van der Waals surface area (Å²) < 4.78 is 42.2. The molecule has 0 N–H and O–H groups in total. The zero-order valence-electron chi connectivity index (χ0n) is 31.8. The molecule has 282 valence electrons. The highest BCUT2D eigenvalue weighted by Crippen LogP contribution is 2.48. The van der Waals surface area contributed by atoms with Gasteiger partial charge in [0.15, 0.2) is 0 Å². The van der Waals surface area contributed by atoms with E-state index in [0.29, 0.717) is 42.4 Å². The van der Waals surface area contributed by atoms with Crippen LogP contribution in [0, 0.1) is 11.8 Å². The Balaban J connectivity index is 1.59. The third-order valence-corrected chi connectivity index (χ3v) is 9.65. The normalized spacial score (nSPS) is 10.6. The molecule has 54 heavy (non-hydrogen) atoms. The molecule has 0 saturated heterocycles. The fourth-order valence-corrected chi connectivity index (χ4v) is 6.37. The zero-order valence-corrected chi connectivity index (χ0v) is 33.4. The summed E-state index contributed by atoms with van der Waals surface area (Å²) in [6.07, 6.45) is 4.72. The van der Waals surface area contributed by atoms with Crippen molar-refractivity contribution in [3.8, 4) is 63.2 Å². The molecule has 7 nitrogen and oxygen atoms in total. The molecule has 0 aliphatic heterocycles. The Labute approximate surface area is 328 Å². The van der Waals surface area contributed by atoms with Crippen molar-refractivity contribution < 1.29 is 33.2 Å². The molecular weight excluding hydrogens is 744 g/mol. The highest BCUT2D eigenvalue weighted by molar-refractivity contribution is 9.08. The number of hydrogen-bond acceptors (Lipinski definition) is 7. The molecule has 0 aliphatic rings. The topological polar surface area (TPSA) is 64.6 Å². The maximum atomic E-state index is 6.73. The number of benzene rings is 5. The average Bonchev–Trinajstić information content (AvgIpc) is 3.22. The van der Waals surface area contributed by atoms with Gasteiger partial charge in [-0.05, 0) is 109 Å². The first-order valence-corrected chi connectivity index (χ1v) is 19.2. The van der Waals surface area contributed by atoms with Crippen molar-refractivity contribution in [2.45, 2.75) is 64.2 Å². The molecule has 5 rings (SSSR count). The summed E-state index contributed by atoms with van der Waals surface area (Å²) in [6, 6.07) is 31.9. The van der Waals surface area contributed by atoms with Crippen molar-refractivity contribution in [1.29, 1.82) is 0 Å². The monoisotopic (exact) mass is 792 g/mol. The summed E-state index contributed by atoms with van der Waals surface area (Å²) in [5, 5.41) is 0.619. The summed E-state index contributed by atoms with van der Waals surface area (Å²) in [4.78, 5) is 0. The highest BCUT2D eigenvalue weighted by Gasteiger charge is 2.24. The van der Waals surface area contributed by atoms with Gasteiger partial charge in [0.25, 0.3) is 0 Å². The quantitative estimate of drug-likeness (QED) is 0.0442. The molecule has 0 saturated carbocycles. The molecule has 0 bridgehead atoms. The van der Waals surface area contributed by atoms with Crippen molar-refractivity contribution in [1.82, 2.24) is 0 Å². The lowest BCUT2D eigenvalue weighted by Crippen LogP contribution is -2.05. The van der Waals surface area contributed by atoms with E-state index in [4.69, 9.17) is 33.2 Å². The Morgan fingerprint density at radius 1 is 0.481 bits per heavy atom. The number of methoxy groups -OCH3 is 4. The van der Waals surface area contributed by atoms with Crippen LogP contribution in [0.15, 0.2) is 97.1 Å². The van der Waals surface area contributed by atoms with E-state index in [0.717, 1.165) is 94.0 Å². The highest BCUT2D eigenvalue weighted by atomic mass is 79.9. The van der Waals surface area contributed by atoms with E-state index in [1.54, 1.807) is 28.4 Å². The molecule has 0 unspecified atom stereocenters. The maximum absolute atomic E-state index is 6.73. The molecule has 8 heteroatoms. The minimum atomic E-state index is 0.347. The van der Waals surface area contributed by atoms with Crippen molar-refractivity contribution in [3.63, 3.8) is 0 Å². The number of unbranched alkanes of at least 4 members (excludes halogenated alkanes) is 3. The first-order valence-electron chi connectivity index (χ1n) is 18.1. The Morgan fingerprint density at radius 2 is 0.981 bits per heavy atom. The molecule has 0 radical (unpaired) electrons. The predicted octanol–water partition coefficient (Wildman–Crippen LogP) is 11.1. The van der Waals surface area contributed by atoms with E-state index in [-0.39, 0.29) is 0 Å². The molecule has 5 aromatic carbocycles. The summed E-state index contributed by atoms with van der Waals surface area (Å²) in [5.74, 6) is 11.4. The van der Waals surface area contributed by atoms with Crippen LogP contribution in [0.4, 0.5) is 0 Å². The van der Waals surface area contributed by atoms with Gasteiger partial charge in [-0.25, -0.2) is 0 Å². The Kier molecular flexibility index (Phi) is 15.4. The van der Waals surface area contributed by atoms with Crippen molar-refractivity contribution >= 4 is 15.9 Å². The first kappa shape index (κ1) is 39.9. The number of hydrogen-bond donors (Lipinski definition) is 0. The zero-order chi connectivity index (χ0) is 38.1. The standard InChI is InChI=1S/C46H49BrO7/c1-6-7-8-9-10-11-12-37-27-41(52-30-33-13-19-38(48-2)20-14-33)28-42(51-5)45(37)46-43(53-31-34-15-21-39(49-3)22-16-34)25-36(29-47)26-44(46)54-32-35-17-23-40(50-4)24-18-35/h13-28H,8-12,29-32H2,1-5H3. The third kappa shape index (κ3) is 11.1. The van der Waals surface area contributed by atoms with Gasteiger partial charge in [-0.2, -0.15) is 0 Å². The number of halogens is 1. The third-order valence-electron chi connectivity index (χ3n) is 9.00. The molecule has 0 heterocycles. The summed E-state index contributed by atoms with van der Waals surface area (Å²) >= 11 is 3.69. The fourth-order valence-electron chi connectivity index (χ4n) is 6.05. The van der Waals surface area contributed by atoms with Crippen LogP contribution >= 0.6 is 15.9 Å². The lowest BCUT2D eigenvalue weighted by Gasteiger charge is -2.23. The van der Waals surface area contributed by atoms with E-state index in [9.17, 15) is 0 Å². The minimum absolute atomic E-state index is 0.347. The van der Waals surface area contributed by atoms with Gasteiger partial charge < -0.3 is 33.2 Å². The van der Waals surface area contributed by atoms with E-state index < -0.39 is 0 Å². The van der Waals surface area contributed by atoms with E-state index in [2.05, 4.69) is 46.0 Å². The molecule has 0 aromatic heterocycles. The minimum Gasteiger partial charge on any atom is -0.497 e. The van der Waals surface area contributed by atoms with Crippen LogP contribution < -0.4 is 33.2 Å². The fraction of sp³-hybridized carbons (Fsp3) is 0.304. The van der Waals surface area contributed by atoms with Crippen molar-refractivity contribution in [2.75, 3.05) is 28.4 Å². The van der Waals surface area contributed by atoms with Crippen LogP contribution in [-0.4, -0.2) is 28.4 Å². The number of aryl methyl sites for hydroxylation is 1. The Hall–Kier alpha value is -5.26. The molecule has 0 amide bonds. The van der Waals surface area contributed by atoms with Gasteiger partial charge >= 0.3 is 0 Å². The van der Waals surface area contributed by atoms with Gasteiger partial charge in [-0.15, -0.1) is 11.8 Å². The van der Waals surface area contributed by atoms with E-state index in [1.807, 2.05) is 85.8 Å². The van der Waals surface area contributed by atoms with Crippen LogP contribution in [0.5, 0.6) is 40.2 Å². The lowest BCUT2D eigenvalue weighted by molar-refractivity contribution is 0.291. The van der Waals surface area contributed by atoms with Crippen molar-refractivity contribution in [2.24, 2.45) is 0 Å². The van der Waals surface area contributed by atoms with Gasteiger partial charge in [0.05, 0.1) is 34.0 Å².